The molecule has 0 aromatic carbocycles. The van der Waals surface area contributed by atoms with Crippen molar-refractivity contribution < 1.29 is 9.90 Å². The number of aromatic nitrogens is 4. The molecule has 2 aromatic rings. The summed E-state index contributed by atoms with van der Waals surface area (Å²) in [7, 11) is 1.81. The summed E-state index contributed by atoms with van der Waals surface area (Å²) >= 11 is 0. The topological polar surface area (TPSA) is 92.9 Å². The summed E-state index contributed by atoms with van der Waals surface area (Å²) in [4.78, 5) is 19.3. The van der Waals surface area contributed by atoms with Gasteiger partial charge < -0.3 is 10.4 Å². The minimum Gasteiger partial charge on any atom is -0.481 e. The van der Waals surface area contributed by atoms with Gasteiger partial charge >= 0.3 is 5.97 Å². The molecule has 1 saturated carbocycles. The first-order chi connectivity index (χ1) is 9.15. The molecule has 0 bridgehead atoms. The molecule has 2 N–H and O–H groups in total. The third kappa shape index (κ3) is 2.35. The van der Waals surface area contributed by atoms with Crippen LogP contribution >= 0.6 is 0 Å². The van der Waals surface area contributed by atoms with Crippen molar-refractivity contribution >= 4 is 22.8 Å². The van der Waals surface area contributed by atoms with Gasteiger partial charge in [0.1, 0.15) is 12.1 Å². The molecule has 1 atom stereocenters. The largest absolute Gasteiger partial charge is 0.481 e. The Hall–Kier alpha value is -2.18. The van der Waals surface area contributed by atoms with Gasteiger partial charge in [-0.05, 0) is 18.8 Å². The van der Waals surface area contributed by atoms with Crippen molar-refractivity contribution in [3.8, 4) is 0 Å². The van der Waals surface area contributed by atoms with Gasteiger partial charge in [-0.2, -0.15) is 5.10 Å². The van der Waals surface area contributed by atoms with Crippen molar-refractivity contribution in [3.05, 3.63) is 12.5 Å². The molecule has 1 unspecified atom stereocenters. The van der Waals surface area contributed by atoms with E-state index in [0.717, 1.165) is 23.9 Å². The predicted octanol–water partition coefficient (Wildman–Crippen LogP) is 1.03. The monoisotopic (exact) mass is 261 g/mol. The van der Waals surface area contributed by atoms with Crippen molar-refractivity contribution in [2.75, 3.05) is 5.32 Å². The summed E-state index contributed by atoms with van der Waals surface area (Å²) in [5.74, 6) is 0.301. The Balaban J connectivity index is 1.88. The van der Waals surface area contributed by atoms with Crippen molar-refractivity contribution in [2.45, 2.75) is 25.3 Å². The van der Waals surface area contributed by atoms with Crippen molar-refractivity contribution in [1.29, 1.82) is 0 Å². The average Bonchev–Trinajstić information content (AvgIpc) is 3.14. The normalized spacial score (nSPS) is 16.5. The zero-order valence-corrected chi connectivity index (χ0v) is 10.6. The second-order valence-corrected chi connectivity index (χ2v) is 4.91. The fraction of sp³-hybridized carbons (Fsp3) is 0.500. The van der Waals surface area contributed by atoms with Crippen LogP contribution < -0.4 is 5.32 Å². The Morgan fingerprint density at radius 3 is 3.05 bits per heavy atom. The third-order valence-electron chi connectivity index (χ3n) is 3.44. The molecule has 0 saturated heterocycles. The van der Waals surface area contributed by atoms with E-state index in [1.54, 1.807) is 10.9 Å². The minimum absolute atomic E-state index is 0.0733. The average molecular weight is 261 g/mol. The maximum Gasteiger partial charge on any atom is 0.305 e. The second-order valence-electron chi connectivity index (χ2n) is 4.91. The summed E-state index contributed by atoms with van der Waals surface area (Å²) in [5, 5.41) is 17.2. The van der Waals surface area contributed by atoms with E-state index >= 15 is 0 Å². The molecule has 1 fully saturated rings. The zero-order valence-electron chi connectivity index (χ0n) is 10.6. The number of carboxylic acids is 1. The van der Waals surface area contributed by atoms with Crippen LogP contribution in [0.3, 0.4) is 0 Å². The highest BCUT2D eigenvalue weighted by molar-refractivity contribution is 5.86. The first-order valence-corrected chi connectivity index (χ1v) is 6.26. The Morgan fingerprint density at radius 2 is 2.37 bits per heavy atom. The van der Waals surface area contributed by atoms with Crippen LogP contribution in [0, 0.1) is 5.92 Å². The van der Waals surface area contributed by atoms with Crippen molar-refractivity contribution in [3.63, 3.8) is 0 Å². The lowest BCUT2D eigenvalue weighted by atomic mass is 10.1. The first kappa shape index (κ1) is 11.9. The SMILES string of the molecule is Cn1ncc2c(NC(CC(=O)O)C3CC3)ncnc21. The highest BCUT2D eigenvalue weighted by atomic mass is 16.4. The van der Waals surface area contributed by atoms with Crippen LogP contribution in [0.2, 0.25) is 0 Å². The first-order valence-electron chi connectivity index (χ1n) is 6.26. The lowest BCUT2D eigenvalue weighted by Gasteiger charge is -2.17. The van der Waals surface area contributed by atoms with Crippen LogP contribution in [-0.2, 0) is 11.8 Å². The number of nitrogens with one attached hydrogen (secondary N) is 1. The number of hydrogen-bond acceptors (Lipinski definition) is 5. The standard InChI is InChI=1S/C12H15N5O2/c1-17-12-8(5-15-17)11(13-6-14-12)16-9(4-10(18)19)7-2-3-7/h5-7,9H,2-4H2,1H3,(H,18,19)(H,13,14,16). The molecule has 1 aliphatic carbocycles. The van der Waals surface area contributed by atoms with E-state index in [1.807, 2.05) is 7.05 Å². The molecule has 0 amide bonds. The predicted molar refractivity (Wildman–Crippen MR) is 68.7 cm³/mol. The van der Waals surface area contributed by atoms with Gasteiger partial charge in [0.2, 0.25) is 0 Å². The van der Waals surface area contributed by atoms with Crippen LogP contribution in [0.15, 0.2) is 12.5 Å². The van der Waals surface area contributed by atoms with Crippen molar-refractivity contribution in [1.82, 2.24) is 19.7 Å². The molecule has 0 aliphatic heterocycles. The number of anilines is 1. The summed E-state index contributed by atoms with van der Waals surface area (Å²) in [6.45, 7) is 0. The number of aliphatic carboxylic acids is 1. The maximum atomic E-state index is 10.9. The molecule has 0 radical (unpaired) electrons. The quantitative estimate of drug-likeness (QED) is 0.835. The number of aryl methyl sites for hydroxylation is 1. The van der Waals surface area contributed by atoms with Gasteiger partial charge in [0.25, 0.3) is 0 Å². The molecule has 0 spiro atoms. The van der Waals surface area contributed by atoms with E-state index in [2.05, 4.69) is 20.4 Å². The summed E-state index contributed by atoms with van der Waals surface area (Å²) in [5.41, 5.74) is 0.738. The van der Waals surface area contributed by atoms with E-state index in [1.165, 1.54) is 6.33 Å². The van der Waals surface area contributed by atoms with Crippen LogP contribution in [0.25, 0.3) is 11.0 Å². The van der Waals surface area contributed by atoms with E-state index in [0.29, 0.717) is 11.7 Å². The molecule has 2 aromatic heterocycles. The molecule has 19 heavy (non-hydrogen) atoms. The highest BCUT2D eigenvalue weighted by Gasteiger charge is 2.33. The third-order valence-corrected chi connectivity index (χ3v) is 3.44. The van der Waals surface area contributed by atoms with Gasteiger partial charge in [0.15, 0.2) is 5.65 Å². The molecule has 7 nitrogen and oxygen atoms in total. The Labute approximate surface area is 109 Å². The van der Waals surface area contributed by atoms with E-state index in [4.69, 9.17) is 5.11 Å². The van der Waals surface area contributed by atoms with Gasteiger partial charge in [-0.25, -0.2) is 9.97 Å². The van der Waals surface area contributed by atoms with Gasteiger partial charge in [-0.15, -0.1) is 0 Å². The molecule has 3 rings (SSSR count). The number of nitrogens with zero attached hydrogens (tertiary/aromatic N) is 4. The number of carboxylic acid groups (broad SMARTS) is 1. The summed E-state index contributed by atoms with van der Waals surface area (Å²) < 4.78 is 1.67. The van der Waals surface area contributed by atoms with Gasteiger partial charge in [0, 0.05) is 13.1 Å². The molecule has 2 heterocycles. The van der Waals surface area contributed by atoms with Crippen LogP contribution in [0.1, 0.15) is 19.3 Å². The van der Waals surface area contributed by atoms with Crippen LogP contribution in [0.4, 0.5) is 5.82 Å². The smallest absolute Gasteiger partial charge is 0.305 e. The molecule has 7 heteroatoms. The summed E-state index contributed by atoms with van der Waals surface area (Å²) in [6, 6.07) is -0.0733. The molecule has 100 valence electrons. The number of hydrogen-bond donors (Lipinski definition) is 2. The Kier molecular flexibility index (Phi) is 2.81. The number of rotatable bonds is 5. The van der Waals surface area contributed by atoms with Crippen LogP contribution in [-0.4, -0.2) is 36.9 Å². The van der Waals surface area contributed by atoms with Gasteiger partial charge in [-0.3, -0.25) is 9.48 Å². The van der Waals surface area contributed by atoms with Gasteiger partial charge in [0.05, 0.1) is 18.0 Å². The molecular weight excluding hydrogens is 246 g/mol. The zero-order chi connectivity index (χ0) is 13.4. The maximum absolute atomic E-state index is 10.9. The molecule has 1 aliphatic rings. The van der Waals surface area contributed by atoms with E-state index in [-0.39, 0.29) is 12.5 Å². The fourth-order valence-corrected chi connectivity index (χ4v) is 2.27. The van der Waals surface area contributed by atoms with Crippen molar-refractivity contribution in [2.24, 2.45) is 13.0 Å². The lowest BCUT2D eigenvalue weighted by Crippen LogP contribution is -2.26. The second kappa shape index (κ2) is 4.49. The highest BCUT2D eigenvalue weighted by Crippen LogP contribution is 2.36. The van der Waals surface area contributed by atoms with E-state index in [9.17, 15) is 4.79 Å². The summed E-state index contributed by atoms with van der Waals surface area (Å²) in [6.07, 6.45) is 5.42. The van der Waals surface area contributed by atoms with Gasteiger partial charge in [-0.1, -0.05) is 0 Å². The number of carbonyl (C=O) groups is 1. The molecular formula is C12H15N5O2. The van der Waals surface area contributed by atoms with Crippen LogP contribution in [0.5, 0.6) is 0 Å². The minimum atomic E-state index is -0.791. The Morgan fingerprint density at radius 1 is 1.58 bits per heavy atom. The lowest BCUT2D eigenvalue weighted by molar-refractivity contribution is -0.137. The number of fused-ring (bicyclic) bond motifs is 1. The van der Waals surface area contributed by atoms with E-state index < -0.39 is 5.97 Å². The Bertz CT molecular complexity index is 620. The fourth-order valence-electron chi connectivity index (χ4n) is 2.27.